The van der Waals surface area contributed by atoms with Gasteiger partial charge in [-0.3, -0.25) is 9.59 Å². The molecule has 6 rings (SSSR count). The number of rotatable bonds is 6. The van der Waals surface area contributed by atoms with E-state index < -0.39 is 0 Å². The summed E-state index contributed by atoms with van der Waals surface area (Å²) in [5.74, 6) is 3.01. The predicted octanol–water partition coefficient (Wildman–Crippen LogP) is 9.56. The van der Waals surface area contributed by atoms with Crippen LogP contribution in [0.15, 0.2) is 84.0 Å². The van der Waals surface area contributed by atoms with Crippen LogP contribution in [0.2, 0.25) is 0 Å². The van der Waals surface area contributed by atoms with Crippen LogP contribution in [-0.2, 0) is 0 Å². The van der Waals surface area contributed by atoms with Crippen LogP contribution >= 0.6 is 0 Å². The van der Waals surface area contributed by atoms with E-state index in [1.165, 1.54) is 36.8 Å². The van der Waals surface area contributed by atoms with Crippen molar-refractivity contribution in [2.45, 2.75) is 71.6 Å². The highest BCUT2D eigenvalue weighted by atomic mass is 16.5. The zero-order valence-corrected chi connectivity index (χ0v) is 25.4. The normalized spacial score (nSPS) is 29.1. The van der Waals surface area contributed by atoms with Gasteiger partial charge >= 0.3 is 0 Å². The number of carbonyl (C=O) groups is 2. The quantitative estimate of drug-likeness (QED) is 0.330. The van der Waals surface area contributed by atoms with E-state index in [2.05, 4.69) is 43.9 Å². The fraction of sp³-hybridized carbons (Fsp3) is 0.436. The van der Waals surface area contributed by atoms with E-state index in [9.17, 15) is 9.59 Å². The van der Waals surface area contributed by atoms with Gasteiger partial charge in [0.15, 0.2) is 11.6 Å². The number of carbonyl (C=O) groups excluding carboxylic acids is 2. The van der Waals surface area contributed by atoms with Gasteiger partial charge in [-0.2, -0.15) is 0 Å². The summed E-state index contributed by atoms with van der Waals surface area (Å²) in [7, 11) is 0. The predicted molar refractivity (Wildman–Crippen MR) is 171 cm³/mol. The minimum absolute atomic E-state index is 0.0430. The fourth-order valence-electron chi connectivity index (χ4n) is 8.04. The van der Waals surface area contributed by atoms with Crippen LogP contribution in [0.3, 0.4) is 0 Å². The van der Waals surface area contributed by atoms with Gasteiger partial charge < -0.3 is 4.74 Å². The van der Waals surface area contributed by atoms with Crippen LogP contribution in [0.5, 0.6) is 5.75 Å². The third-order valence-corrected chi connectivity index (χ3v) is 10.3. The molecule has 0 amide bonds. The molecule has 0 aliphatic heterocycles. The van der Waals surface area contributed by atoms with Crippen molar-refractivity contribution in [1.82, 2.24) is 0 Å². The van der Waals surface area contributed by atoms with Gasteiger partial charge in [-0.05, 0) is 66.4 Å². The molecule has 0 heterocycles. The molecule has 0 saturated heterocycles. The van der Waals surface area contributed by atoms with Gasteiger partial charge in [0, 0.05) is 40.4 Å². The maximum absolute atomic E-state index is 13.5. The molecule has 42 heavy (non-hydrogen) atoms. The second kappa shape index (κ2) is 12.0. The van der Waals surface area contributed by atoms with Crippen molar-refractivity contribution >= 4 is 17.6 Å². The molecule has 0 bridgehead atoms. The molecule has 5 unspecified atom stereocenters. The van der Waals surface area contributed by atoms with Crippen molar-refractivity contribution in [3.05, 3.63) is 106 Å². The third kappa shape index (κ3) is 5.51. The van der Waals surface area contributed by atoms with Gasteiger partial charge in [-0.1, -0.05) is 107 Å². The minimum Gasteiger partial charge on any atom is -0.493 e. The Balaban J connectivity index is 1.25. The summed E-state index contributed by atoms with van der Waals surface area (Å²) in [6, 6.07) is 14.1. The number of Topliss-reactive ketones (excluding diaryl/α,β-unsaturated/α-hetero) is 2. The molecule has 2 aromatic carbocycles. The molecule has 218 valence electrons. The van der Waals surface area contributed by atoms with Gasteiger partial charge in [0.25, 0.3) is 0 Å². The molecule has 0 radical (unpaired) electrons. The van der Waals surface area contributed by atoms with E-state index in [-0.39, 0.29) is 35.2 Å². The molecule has 0 spiro atoms. The Bertz CT molecular complexity index is 1470. The Morgan fingerprint density at radius 2 is 1.79 bits per heavy atom. The van der Waals surface area contributed by atoms with Gasteiger partial charge in [0.1, 0.15) is 5.75 Å². The summed E-state index contributed by atoms with van der Waals surface area (Å²) < 4.78 is 6.06. The van der Waals surface area contributed by atoms with Crippen LogP contribution in [0.4, 0.5) is 0 Å². The zero-order chi connectivity index (χ0) is 29.4. The highest BCUT2D eigenvalue weighted by Crippen LogP contribution is 2.46. The Labute approximate surface area is 251 Å². The van der Waals surface area contributed by atoms with Crippen molar-refractivity contribution < 1.29 is 14.3 Å². The lowest BCUT2D eigenvalue weighted by Crippen LogP contribution is -2.22. The number of allylic oxidation sites excluding steroid dienone is 6. The minimum atomic E-state index is -0.0727. The first kappa shape index (κ1) is 28.6. The molecule has 2 saturated carbocycles. The smallest absolute Gasteiger partial charge is 0.166 e. The molecule has 2 fully saturated rings. The first-order valence-corrected chi connectivity index (χ1v) is 16.1. The van der Waals surface area contributed by atoms with Crippen molar-refractivity contribution in [3.8, 4) is 5.75 Å². The van der Waals surface area contributed by atoms with Gasteiger partial charge in [0.2, 0.25) is 0 Å². The van der Waals surface area contributed by atoms with E-state index in [4.69, 9.17) is 4.74 Å². The maximum atomic E-state index is 13.5. The van der Waals surface area contributed by atoms with Crippen LogP contribution in [0, 0.1) is 29.6 Å². The molecular formula is C39H44O3. The molecule has 0 N–H and O–H groups in total. The number of hydrogen-bond donors (Lipinski definition) is 0. The monoisotopic (exact) mass is 560 g/mol. The fourth-order valence-corrected chi connectivity index (χ4v) is 8.04. The molecule has 3 nitrogen and oxygen atoms in total. The van der Waals surface area contributed by atoms with Crippen molar-refractivity contribution in [1.29, 1.82) is 0 Å². The average Bonchev–Trinajstić information content (AvgIpc) is 3.44. The van der Waals surface area contributed by atoms with Crippen LogP contribution in [0.1, 0.15) is 103 Å². The Kier molecular flexibility index (Phi) is 8.21. The Hall–Kier alpha value is -3.46. The molecular weight excluding hydrogens is 516 g/mol. The van der Waals surface area contributed by atoms with E-state index in [1.807, 2.05) is 50.2 Å². The summed E-state index contributed by atoms with van der Waals surface area (Å²) in [5, 5.41) is 0. The first-order valence-electron chi connectivity index (χ1n) is 16.1. The van der Waals surface area contributed by atoms with Crippen molar-refractivity contribution in [2.24, 2.45) is 29.6 Å². The van der Waals surface area contributed by atoms with Crippen molar-refractivity contribution in [2.75, 3.05) is 6.61 Å². The third-order valence-electron chi connectivity index (χ3n) is 10.3. The number of benzene rings is 2. The number of ketones is 2. The van der Waals surface area contributed by atoms with Crippen LogP contribution < -0.4 is 4.74 Å². The zero-order valence-electron chi connectivity index (χ0n) is 25.4. The summed E-state index contributed by atoms with van der Waals surface area (Å²) in [4.78, 5) is 26.7. The number of fused-ring (bicyclic) bond motifs is 3. The van der Waals surface area contributed by atoms with Crippen LogP contribution in [0.25, 0.3) is 6.08 Å². The highest BCUT2D eigenvalue weighted by molar-refractivity contribution is 6.00. The highest BCUT2D eigenvalue weighted by Gasteiger charge is 2.39. The Morgan fingerprint density at radius 1 is 1.05 bits per heavy atom. The van der Waals surface area contributed by atoms with E-state index in [0.717, 1.165) is 64.7 Å². The van der Waals surface area contributed by atoms with Crippen LogP contribution in [-0.4, -0.2) is 18.2 Å². The standard InChI is InChI=1S/C39H44O3/c1-5-42-37-23-31(39(41)33-20-29-10-6-7-11-30(29)21-33)17-15-27(37)14-16-28-22-36-26(4)34-12-8-9-13-35(34)38(40)25(3)19-32(36)18-24(28)2/h8-9,12-18,22-23,25-26,28-30,33H,2,5-7,10-11,19-21H2,1,3-4H3. The average molecular weight is 561 g/mol. The molecule has 0 aromatic heterocycles. The SMILES string of the molecule is C=C1C=C2CC(C)C(=O)c3ccccc3C(C)C2=CC1C=Cc1ccc(C(=O)C2CC3CCCCC3C2)cc1OCC. The number of hydrogen-bond acceptors (Lipinski definition) is 3. The largest absolute Gasteiger partial charge is 0.493 e. The van der Waals surface area contributed by atoms with E-state index >= 15 is 0 Å². The summed E-state index contributed by atoms with van der Waals surface area (Å²) >= 11 is 0. The summed E-state index contributed by atoms with van der Waals surface area (Å²) in [6.07, 6.45) is 16.9. The van der Waals surface area contributed by atoms with E-state index in [1.54, 1.807) is 0 Å². The lowest BCUT2D eigenvalue weighted by Gasteiger charge is -2.31. The molecule has 4 aliphatic carbocycles. The van der Waals surface area contributed by atoms with Crippen molar-refractivity contribution in [3.63, 3.8) is 0 Å². The molecule has 5 atom stereocenters. The van der Waals surface area contributed by atoms with Gasteiger partial charge in [-0.25, -0.2) is 0 Å². The van der Waals surface area contributed by atoms with Gasteiger partial charge in [-0.15, -0.1) is 0 Å². The molecule has 3 heteroatoms. The van der Waals surface area contributed by atoms with E-state index in [0.29, 0.717) is 6.61 Å². The summed E-state index contributed by atoms with van der Waals surface area (Å²) in [6.45, 7) is 11.2. The maximum Gasteiger partial charge on any atom is 0.166 e. The number of ether oxygens (including phenoxy) is 1. The lowest BCUT2D eigenvalue weighted by atomic mass is 9.72. The molecule has 2 aromatic rings. The molecule has 4 aliphatic rings. The van der Waals surface area contributed by atoms with Gasteiger partial charge in [0.05, 0.1) is 6.61 Å². The topological polar surface area (TPSA) is 43.4 Å². The first-order chi connectivity index (χ1) is 20.3. The second-order valence-electron chi connectivity index (χ2n) is 13.1. The second-order valence-corrected chi connectivity index (χ2v) is 13.1. The Morgan fingerprint density at radius 3 is 2.52 bits per heavy atom. The lowest BCUT2D eigenvalue weighted by molar-refractivity contribution is 0.0914. The summed E-state index contributed by atoms with van der Waals surface area (Å²) in [5.41, 5.74) is 7.23.